The molecule has 1 saturated carbocycles. The lowest BCUT2D eigenvalue weighted by Crippen LogP contribution is -2.38. The fourth-order valence-electron chi connectivity index (χ4n) is 2.22. The smallest absolute Gasteiger partial charge is 0.235 e. The van der Waals surface area contributed by atoms with E-state index in [-0.39, 0.29) is 11.8 Å². The molecule has 0 aromatic heterocycles. The third-order valence-corrected chi connectivity index (χ3v) is 3.36. The first-order valence-corrected chi connectivity index (χ1v) is 6.13. The number of carbonyl (C=O) groups is 1. The quantitative estimate of drug-likeness (QED) is 0.572. The molecule has 1 aliphatic rings. The minimum atomic E-state index is -0.0385. The van der Waals surface area contributed by atoms with Gasteiger partial charge in [-0.15, -0.1) is 11.6 Å². The molecule has 0 bridgehead atoms. The van der Waals surface area contributed by atoms with E-state index in [9.17, 15) is 4.79 Å². The van der Waals surface area contributed by atoms with Crippen molar-refractivity contribution in [2.75, 3.05) is 5.88 Å². The van der Waals surface area contributed by atoms with Crippen molar-refractivity contribution in [3.63, 3.8) is 0 Å². The maximum Gasteiger partial charge on any atom is 0.235 e. The van der Waals surface area contributed by atoms with Crippen LogP contribution in [-0.2, 0) is 4.79 Å². The molecule has 0 unspecified atom stereocenters. The first-order valence-electron chi connectivity index (χ1n) is 5.59. The minimum Gasteiger partial charge on any atom is -0.352 e. The second-order valence-electron chi connectivity index (χ2n) is 4.24. The summed E-state index contributed by atoms with van der Waals surface area (Å²) in [4.78, 5) is 11.1. The van der Waals surface area contributed by atoms with Crippen LogP contribution in [0.2, 0.25) is 0 Å². The van der Waals surface area contributed by atoms with Crippen LogP contribution in [0.5, 0.6) is 0 Å². The molecular weight excluding hydrogens is 198 g/mol. The third kappa shape index (κ3) is 3.87. The number of hydrogen-bond acceptors (Lipinski definition) is 1. The summed E-state index contributed by atoms with van der Waals surface area (Å²) in [5.74, 6) is 0.699. The summed E-state index contributed by atoms with van der Waals surface area (Å²) in [6, 6.07) is 0.291. The normalized spacial score (nSPS) is 21.3. The largest absolute Gasteiger partial charge is 0.352 e. The van der Waals surface area contributed by atoms with Crippen LogP contribution in [0.4, 0.5) is 0 Å². The van der Waals surface area contributed by atoms with E-state index in [1.165, 1.54) is 38.5 Å². The van der Waals surface area contributed by atoms with E-state index in [2.05, 4.69) is 12.2 Å². The molecule has 0 radical (unpaired) electrons. The average molecular weight is 218 g/mol. The summed E-state index contributed by atoms with van der Waals surface area (Å²) in [6.07, 6.45) is 7.84. The molecule has 0 spiro atoms. The van der Waals surface area contributed by atoms with Crippen LogP contribution < -0.4 is 5.32 Å². The summed E-state index contributed by atoms with van der Waals surface area (Å²) in [6.45, 7) is 2.10. The standard InChI is InChI=1S/C11H20ClNO/c1-9(13-11(14)8-12)10-6-4-2-3-5-7-10/h9-10H,2-8H2,1H3,(H,13,14)/t9-/m0/s1. The highest BCUT2D eigenvalue weighted by Crippen LogP contribution is 2.25. The SMILES string of the molecule is C[C@H](NC(=O)CCl)C1CCCCCC1. The predicted octanol–water partition coefficient (Wildman–Crippen LogP) is 2.70. The van der Waals surface area contributed by atoms with E-state index in [4.69, 9.17) is 11.6 Å². The second kappa shape index (κ2) is 6.28. The molecular formula is C11H20ClNO. The molecule has 1 atom stereocenters. The number of halogens is 1. The summed E-state index contributed by atoms with van der Waals surface area (Å²) >= 11 is 5.46. The summed E-state index contributed by atoms with van der Waals surface area (Å²) < 4.78 is 0. The Morgan fingerprint density at radius 3 is 2.43 bits per heavy atom. The van der Waals surface area contributed by atoms with E-state index in [0.717, 1.165) is 0 Å². The fourth-order valence-corrected chi connectivity index (χ4v) is 2.30. The summed E-state index contributed by atoms with van der Waals surface area (Å²) in [7, 11) is 0. The molecule has 14 heavy (non-hydrogen) atoms. The number of nitrogens with one attached hydrogen (secondary N) is 1. The van der Waals surface area contributed by atoms with Crippen molar-refractivity contribution >= 4 is 17.5 Å². The van der Waals surface area contributed by atoms with Crippen LogP contribution in [0.3, 0.4) is 0 Å². The van der Waals surface area contributed by atoms with E-state index >= 15 is 0 Å². The molecule has 1 rings (SSSR count). The zero-order valence-electron chi connectivity index (χ0n) is 8.89. The molecule has 0 aromatic rings. The van der Waals surface area contributed by atoms with Gasteiger partial charge in [-0.2, -0.15) is 0 Å². The van der Waals surface area contributed by atoms with E-state index in [0.29, 0.717) is 12.0 Å². The molecule has 3 heteroatoms. The van der Waals surface area contributed by atoms with Crippen LogP contribution in [0.15, 0.2) is 0 Å². The molecule has 0 aromatic carbocycles. The molecule has 1 fully saturated rings. The summed E-state index contributed by atoms with van der Waals surface area (Å²) in [5.41, 5.74) is 0. The molecule has 1 amide bonds. The fraction of sp³-hybridized carbons (Fsp3) is 0.909. The lowest BCUT2D eigenvalue weighted by Gasteiger charge is -2.23. The van der Waals surface area contributed by atoms with Crippen molar-refractivity contribution in [3.05, 3.63) is 0 Å². The lowest BCUT2D eigenvalue weighted by molar-refractivity contribution is -0.119. The maximum atomic E-state index is 11.1. The van der Waals surface area contributed by atoms with Gasteiger partial charge in [-0.3, -0.25) is 4.79 Å². The van der Waals surface area contributed by atoms with Crippen LogP contribution >= 0.6 is 11.6 Å². The van der Waals surface area contributed by atoms with Gasteiger partial charge in [0.2, 0.25) is 5.91 Å². The second-order valence-corrected chi connectivity index (χ2v) is 4.51. The van der Waals surface area contributed by atoms with Gasteiger partial charge in [0, 0.05) is 6.04 Å². The average Bonchev–Trinajstić information content (AvgIpc) is 2.45. The highest BCUT2D eigenvalue weighted by molar-refractivity contribution is 6.27. The lowest BCUT2D eigenvalue weighted by atomic mass is 9.93. The Morgan fingerprint density at radius 1 is 1.36 bits per heavy atom. The Bertz CT molecular complexity index is 176. The topological polar surface area (TPSA) is 29.1 Å². The Balaban J connectivity index is 2.33. The van der Waals surface area contributed by atoms with Gasteiger partial charge in [0.15, 0.2) is 0 Å². The Kier molecular flexibility index (Phi) is 5.31. The van der Waals surface area contributed by atoms with Gasteiger partial charge in [-0.05, 0) is 25.7 Å². The van der Waals surface area contributed by atoms with Crippen molar-refractivity contribution in [1.82, 2.24) is 5.32 Å². The van der Waals surface area contributed by atoms with Crippen molar-refractivity contribution in [1.29, 1.82) is 0 Å². The Hall–Kier alpha value is -0.240. The maximum absolute atomic E-state index is 11.1. The third-order valence-electron chi connectivity index (χ3n) is 3.12. The zero-order chi connectivity index (χ0) is 10.4. The Labute approximate surface area is 91.4 Å². The van der Waals surface area contributed by atoms with Crippen LogP contribution in [0, 0.1) is 5.92 Å². The molecule has 0 aliphatic heterocycles. The van der Waals surface area contributed by atoms with Crippen LogP contribution in [0.25, 0.3) is 0 Å². The van der Waals surface area contributed by atoms with Gasteiger partial charge in [0.05, 0.1) is 0 Å². The van der Waals surface area contributed by atoms with Gasteiger partial charge >= 0.3 is 0 Å². The van der Waals surface area contributed by atoms with Gasteiger partial charge in [0.1, 0.15) is 5.88 Å². The highest BCUT2D eigenvalue weighted by atomic mass is 35.5. The predicted molar refractivity (Wildman–Crippen MR) is 59.5 cm³/mol. The zero-order valence-corrected chi connectivity index (χ0v) is 9.65. The number of amides is 1. The highest BCUT2D eigenvalue weighted by Gasteiger charge is 2.19. The summed E-state index contributed by atoms with van der Waals surface area (Å²) in [5, 5.41) is 2.96. The number of carbonyl (C=O) groups excluding carboxylic acids is 1. The first-order chi connectivity index (χ1) is 6.74. The van der Waals surface area contributed by atoms with Gasteiger partial charge in [0.25, 0.3) is 0 Å². The van der Waals surface area contributed by atoms with Crippen LogP contribution in [0.1, 0.15) is 45.4 Å². The monoisotopic (exact) mass is 217 g/mol. The van der Waals surface area contributed by atoms with Crippen molar-refractivity contribution in [3.8, 4) is 0 Å². The molecule has 1 N–H and O–H groups in total. The van der Waals surface area contributed by atoms with Crippen LogP contribution in [-0.4, -0.2) is 17.8 Å². The molecule has 0 saturated heterocycles. The minimum absolute atomic E-state index is 0.0385. The molecule has 0 heterocycles. The van der Waals surface area contributed by atoms with E-state index in [1.807, 2.05) is 0 Å². The molecule has 1 aliphatic carbocycles. The molecule has 82 valence electrons. The number of rotatable bonds is 3. The van der Waals surface area contributed by atoms with E-state index in [1.54, 1.807) is 0 Å². The van der Waals surface area contributed by atoms with Gasteiger partial charge < -0.3 is 5.32 Å². The number of alkyl halides is 1. The van der Waals surface area contributed by atoms with Crippen molar-refractivity contribution in [2.45, 2.75) is 51.5 Å². The van der Waals surface area contributed by atoms with E-state index < -0.39 is 0 Å². The first kappa shape index (κ1) is 11.8. The van der Waals surface area contributed by atoms with Crippen molar-refractivity contribution < 1.29 is 4.79 Å². The van der Waals surface area contributed by atoms with Gasteiger partial charge in [-0.25, -0.2) is 0 Å². The number of hydrogen-bond donors (Lipinski definition) is 1. The molecule has 2 nitrogen and oxygen atoms in total. The van der Waals surface area contributed by atoms with Crippen molar-refractivity contribution in [2.24, 2.45) is 5.92 Å². The van der Waals surface area contributed by atoms with Gasteiger partial charge in [-0.1, -0.05) is 25.7 Å². The Morgan fingerprint density at radius 2 is 1.93 bits per heavy atom.